The Labute approximate surface area is 304 Å². The van der Waals surface area contributed by atoms with Gasteiger partial charge in [0.05, 0.1) is 0 Å². The molecule has 0 saturated carbocycles. The van der Waals surface area contributed by atoms with Crippen molar-refractivity contribution in [3.63, 3.8) is 0 Å². The van der Waals surface area contributed by atoms with Crippen LogP contribution >= 0.6 is 14.9 Å². The van der Waals surface area contributed by atoms with E-state index in [4.69, 9.17) is 3.46 Å². The van der Waals surface area contributed by atoms with E-state index in [0.29, 0.717) is 0 Å². The fraction of sp³-hybridized carbons (Fsp3) is 0.159. The van der Waals surface area contributed by atoms with Crippen molar-refractivity contribution >= 4 is 45.0 Å². The van der Waals surface area contributed by atoms with Crippen LogP contribution in [0, 0.1) is 41.5 Å². The summed E-state index contributed by atoms with van der Waals surface area (Å²) in [6, 6.07) is 51.4. The number of carbonyl (C=O) groups excluding carboxylic acids is 1. The number of benzene rings is 6. The average molecular weight is 884 g/mol. The summed E-state index contributed by atoms with van der Waals surface area (Å²) in [5.41, 5.74) is 6.80. The molecule has 0 aliphatic rings. The molecule has 6 rings (SSSR count). The van der Waals surface area contributed by atoms with Crippen molar-refractivity contribution in [3.8, 4) is 0 Å². The Kier molecular flexibility index (Phi) is 10.2. The van der Waals surface area contributed by atoms with E-state index in [1.165, 1.54) is 28.8 Å². The molecule has 0 radical (unpaired) electrons. The predicted octanol–water partition coefficient (Wildman–Crippen LogP) is 7.63. The first-order chi connectivity index (χ1) is 23.8. The molecule has 2 atom stereocenters. The first kappa shape index (κ1) is 36.8. The first-order valence-electron chi connectivity index (χ1n) is 16.4. The van der Waals surface area contributed by atoms with Crippen molar-refractivity contribution in [1.29, 1.82) is 0 Å². The van der Waals surface area contributed by atoms with Gasteiger partial charge in [0.2, 0.25) is 0 Å². The van der Waals surface area contributed by atoms with Crippen molar-refractivity contribution in [2.24, 2.45) is 0 Å². The molecule has 0 saturated heterocycles. The van der Waals surface area contributed by atoms with Crippen LogP contribution in [0.25, 0.3) is 0 Å². The van der Waals surface area contributed by atoms with Gasteiger partial charge in [-0.15, -0.1) is 0 Å². The SMILES string of the molecule is Cc1cccc[c]1[Pd]([PH2])([CH2]C(=O)[O][Pd]([PH2])([c]1ccccc1C)([c]1ccccc1C)[c]1ccccc1C)([c]1ccccc1C)[c]1ccccc1C. The van der Waals surface area contributed by atoms with Crippen LogP contribution in [0.5, 0.6) is 0 Å². The predicted molar refractivity (Wildman–Crippen MR) is 215 cm³/mol. The van der Waals surface area contributed by atoms with Gasteiger partial charge in [-0.1, -0.05) is 0 Å². The van der Waals surface area contributed by atoms with Gasteiger partial charge >= 0.3 is 307 Å². The number of aryl methyl sites for hydroxylation is 6. The Hall–Kier alpha value is -3.03. The maximum atomic E-state index is 15.8. The van der Waals surface area contributed by atoms with Crippen LogP contribution in [-0.2, 0) is 36.3 Å². The Morgan fingerprint density at radius 2 is 0.640 bits per heavy atom. The van der Waals surface area contributed by atoms with E-state index < -0.39 is 28.0 Å². The van der Waals surface area contributed by atoms with Crippen LogP contribution in [0.2, 0.25) is 4.89 Å². The molecule has 2 nitrogen and oxygen atoms in total. The second kappa shape index (κ2) is 13.8. The summed E-state index contributed by atoms with van der Waals surface area (Å²) >= 11 is -8.80. The molecule has 2 unspecified atom stereocenters. The first-order valence-corrected chi connectivity index (χ1v) is 28.9. The third-order valence-electron chi connectivity index (χ3n) is 8.96. The summed E-state index contributed by atoms with van der Waals surface area (Å²) in [4.78, 5) is 16.0. The number of rotatable bonds is 9. The van der Waals surface area contributed by atoms with E-state index in [1.807, 2.05) is 0 Å². The maximum absolute atomic E-state index is 15.8. The van der Waals surface area contributed by atoms with Gasteiger partial charge < -0.3 is 0 Å². The summed E-state index contributed by atoms with van der Waals surface area (Å²) in [6.45, 7) is 13.0. The van der Waals surface area contributed by atoms with E-state index in [9.17, 15) is 0 Å². The molecule has 0 aliphatic heterocycles. The Morgan fingerprint density at radius 3 is 0.880 bits per heavy atom. The van der Waals surface area contributed by atoms with Gasteiger partial charge in [-0.3, -0.25) is 0 Å². The van der Waals surface area contributed by atoms with Crippen LogP contribution in [-0.4, -0.2) is 5.97 Å². The molecule has 0 heterocycles. The molecule has 266 valence electrons. The van der Waals surface area contributed by atoms with Crippen molar-refractivity contribution < 1.29 is 36.3 Å². The molecule has 50 heavy (non-hydrogen) atoms. The monoisotopic (exact) mass is 882 g/mol. The zero-order chi connectivity index (χ0) is 35.8. The third kappa shape index (κ3) is 5.75. The zero-order valence-corrected chi connectivity index (χ0v) is 35.1. The average Bonchev–Trinajstić information content (AvgIpc) is 3.09. The zero-order valence-electron chi connectivity index (χ0n) is 29.7. The van der Waals surface area contributed by atoms with E-state index in [1.54, 1.807) is 0 Å². The van der Waals surface area contributed by atoms with Gasteiger partial charge in [0, 0.05) is 0 Å². The molecule has 0 bridgehead atoms. The Morgan fingerprint density at radius 1 is 0.420 bits per heavy atom. The van der Waals surface area contributed by atoms with Gasteiger partial charge in [-0.05, 0) is 0 Å². The van der Waals surface area contributed by atoms with E-state index in [-0.39, 0.29) is 10.9 Å². The molecule has 0 aromatic heterocycles. The minimum absolute atomic E-state index is 0.199. The van der Waals surface area contributed by atoms with E-state index in [0.717, 1.165) is 28.8 Å². The van der Waals surface area contributed by atoms with Gasteiger partial charge in [-0.2, -0.15) is 0 Å². The second-order valence-corrected chi connectivity index (χ2v) is 36.0. The molecule has 6 aromatic carbocycles. The molecule has 0 N–H and O–H groups in total. The summed E-state index contributed by atoms with van der Waals surface area (Å²) in [6.07, 6.45) is 0. The topological polar surface area (TPSA) is 26.3 Å². The van der Waals surface area contributed by atoms with Gasteiger partial charge in [-0.25, -0.2) is 0 Å². The molecular weight excluding hydrogens is 835 g/mol. The number of hydrogen-bond acceptors (Lipinski definition) is 2. The number of carbonyl (C=O) groups is 1. The normalized spacial score (nSPS) is 13.4. The molecule has 0 spiro atoms. The quantitative estimate of drug-likeness (QED) is 0.110. The van der Waals surface area contributed by atoms with Gasteiger partial charge in [0.25, 0.3) is 0 Å². The molecule has 0 amide bonds. The van der Waals surface area contributed by atoms with E-state index in [2.05, 4.69) is 202 Å². The molecule has 6 aromatic rings. The van der Waals surface area contributed by atoms with Crippen LogP contribution in [0.3, 0.4) is 0 Å². The molecule has 6 heteroatoms. The molecule has 0 fully saturated rings. The van der Waals surface area contributed by atoms with Crippen LogP contribution < -0.4 is 24.2 Å². The summed E-state index contributed by atoms with van der Waals surface area (Å²) in [5, 5.41) is 0. The third-order valence-corrected chi connectivity index (χ3v) is 35.7. The molecular formula is C44H48O2P2Pd2. The van der Waals surface area contributed by atoms with E-state index >= 15 is 4.79 Å². The van der Waals surface area contributed by atoms with Crippen molar-refractivity contribution in [2.45, 2.75) is 46.4 Å². The second-order valence-electron chi connectivity index (χ2n) is 12.6. The van der Waals surface area contributed by atoms with Crippen LogP contribution in [0.15, 0.2) is 146 Å². The summed E-state index contributed by atoms with van der Waals surface area (Å²) in [7, 11) is 6.72. The Balaban J connectivity index is 1.74. The van der Waals surface area contributed by atoms with Gasteiger partial charge in [0.15, 0.2) is 0 Å². The van der Waals surface area contributed by atoms with Crippen molar-refractivity contribution in [1.82, 2.24) is 0 Å². The van der Waals surface area contributed by atoms with Gasteiger partial charge in [0.1, 0.15) is 0 Å². The van der Waals surface area contributed by atoms with Crippen molar-refractivity contribution in [2.75, 3.05) is 0 Å². The molecule has 0 aliphatic carbocycles. The fourth-order valence-electron chi connectivity index (χ4n) is 6.70. The summed E-state index contributed by atoms with van der Waals surface area (Å²) < 4.78 is 14.5. The Bertz CT molecular complexity index is 1860. The van der Waals surface area contributed by atoms with Crippen molar-refractivity contribution in [3.05, 3.63) is 179 Å². The standard InChI is InChI=1S/6C7H7.C2H3O2.2H2P.2Pd/c6*1-7-5-3-2-4-6-7;1-2(3)4;;;;/h6*2-5H,1H3;1H2,(H,3,4);2*1H2;;/q;;;;;;;2*-1;+1;+2/p-1. The minimum atomic E-state index is -4.59. The van der Waals surface area contributed by atoms with Crippen LogP contribution in [0.1, 0.15) is 33.4 Å². The summed E-state index contributed by atoms with van der Waals surface area (Å²) in [5.74, 6) is -0.199. The fourth-order valence-corrected chi connectivity index (χ4v) is 34.2. The van der Waals surface area contributed by atoms with Crippen LogP contribution in [0.4, 0.5) is 0 Å². The number of hydrogen-bond donors (Lipinski definition) is 0.